The number of para-hydroxylation sites is 1. The highest BCUT2D eigenvalue weighted by Gasteiger charge is 2.32. The molecular formula is C10H16N6O4. The molecule has 1 aromatic carbocycles. The van der Waals surface area contributed by atoms with Crippen molar-refractivity contribution in [2.75, 3.05) is 20.2 Å². The monoisotopic (exact) mass is 284 g/mol. The predicted molar refractivity (Wildman–Crippen MR) is 67.5 cm³/mol. The minimum atomic E-state index is -1.62. The average Bonchev–Trinajstić information content (AvgIpc) is 2.83. The Morgan fingerprint density at radius 3 is 2.25 bits per heavy atom. The van der Waals surface area contributed by atoms with Gasteiger partial charge >= 0.3 is 5.97 Å². The van der Waals surface area contributed by atoms with Crippen LogP contribution in [0.1, 0.15) is 0 Å². The summed E-state index contributed by atoms with van der Waals surface area (Å²) in [5.74, 6) is -1.62. The minimum Gasteiger partial charge on any atom is -0.381 e. The molecule has 0 fully saturated rings. The van der Waals surface area contributed by atoms with Gasteiger partial charge < -0.3 is 20.2 Å². The maximum atomic E-state index is 9.02. The number of fused-ring (bicyclic) bond motifs is 1. The summed E-state index contributed by atoms with van der Waals surface area (Å²) in [6.45, 7) is -1.44. The molecule has 2 rings (SSSR count). The summed E-state index contributed by atoms with van der Waals surface area (Å²) in [4.78, 5) is 6.61. The second kappa shape index (κ2) is 6.56. The molecule has 1 aromatic heterocycles. The number of rotatable bonds is 8. The van der Waals surface area contributed by atoms with E-state index in [9.17, 15) is 0 Å². The lowest BCUT2D eigenvalue weighted by atomic mass is 10.3. The van der Waals surface area contributed by atoms with Gasteiger partial charge in [0.15, 0.2) is 0 Å². The van der Waals surface area contributed by atoms with Gasteiger partial charge in [0.05, 0.1) is 20.2 Å². The molecule has 6 N–H and O–H groups in total. The lowest BCUT2D eigenvalue weighted by Crippen LogP contribution is -2.72. The first-order valence-corrected chi connectivity index (χ1v) is 5.82. The van der Waals surface area contributed by atoms with E-state index in [-0.39, 0.29) is 0 Å². The van der Waals surface area contributed by atoms with Gasteiger partial charge in [0.2, 0.25) is 0 Å². The van der Waals surface area contributed by atoms with Crippen molar-refractivity contribution < 1.29 is 20.2 Å². The molecule has 10 heteroatoms. The molecule has 0 unspecified atom stereocenters. The van der Waals surface area contributed by atoms with Crippen LogP contribution >= 0.6 is 0 Å². The van der Waals surface area contributed by atoms with E-state index in [4.69, 9.17) is 20.2 Å². The molecule has 0 aliphatic rings. The third kappa shape index (κ3) is 3.01. The Morgan fingerprint density at radius 1 is 1.05 bits per heavy atom. The number of hydrogen-bond donors (Lipinski definition) is 6. The summed E-state index contributed by atoms with van der Waals surface area (Å²) < 4.78 is 0. The Hall–Kier alpha value is -1.82. The molecule has 0 spiro atoms. The quantitative estimate of drug-likeness (QED) is 0.282. The van der Waals surface area contributed by atoms with E-state index in [1.807, 2.05) is 0 Å². The molecule has 10 nitrogen and oxygen atoms in total. The molecule has 0 saturated heterocycles. The molecule has 2 aromatic rings. The van der Waals surface area contributed by atoms with E-state index >= 15 is 0 Å². The van der Waals surface area contributed by atoms with Gasteiger partial charge in [-0.2, -0.15) is 0 Å². The zero-order chi connectivity index (χ0) is 14.4. The summed E-state index contributed by atoms with van der Waals surface area (Å²) in [5.41, 5.74) is 1.19. The number of nitrogens with one attached hydrogen (secondary N) is 3. The van der Waals surface area contributed by atoms with Crippen molar-refractivity contribution in [1.29, 1.82) is 0 Å². The Bertz CT molecular complexity index is 530. The van der Waals surface area contributed by atoms with Crippen molar-refractivity contribution in [3.8, 4) is 0 Å². The van der Waals surface area contributed by atoms with Crippen molar-refractivity contribution in [2.24, 2.45) is 0 Å². The van der Waals surface area contributed by atoms with Gasteiger partial charge in [0, 0.05) is 0 Å². The van der Waals surface area contributed by atoms with Crippen LogP contribution in [0.5, 0.6) is 0 Å². The molecule has 20 heavy (non-hydrogen) atoms. The number of aliphatic hydroxyl groups is 3. The Morgan fingerprint density at radius 2 is 1.65 bits per heavy atom. The van der Waals surface area contributed by atoms with E-state index < -0.39 is 26.2 Å². The summed E-state index contributed by atoms with van der Waals surface area (Å²) in [6, 6.07) is 7.07. The largest absolute Gasteiger partial charge is 0.381 e. The van der Waals surface area contributed by atoms with Crippen molar-refractivity contribution in [1.82, 2.24) is 31.1 Å². The van der Waals surface area contributed by atoms with Gasteiger partial charge in [-0.3, -0.25) is 0 Å². The highest BCUT2D eigenvalue weighted by Crippen LogP contribution is 2.09. The van der Waals surface area contributed by atoms with Crippen LogP contribution in [0.25, 0.3) is 11.0 Å². The first-order valence-electron chi connectivity index (χ1n) is 5.82. The fourth-order valence-electron chi connectivity index (χ4n) is 1.66. The number of aliphatic hydroxyl groups excluding tert-OH is 3. The molecule has 0 amide bonds. The number of aromatic nitrogens is 3. The summed E-state index contributed by atoms with van der Waals surface area (Å²) in [7, 11) is 0. The van der Waals surface area contributed by atoms with Gasteiger partial charge in [-0.05, 0) is 17.3 Å². The maximum Gasteiger partial charge on any atom is 0.308 e. The van der Waals surface area contributed by atoms with E-state index in [0.29, 0.717) is 11.0 Å². The second-order valence-electron chi connectivity index (χ2n) is 3.73. The number of benzene rings is 1. The Kier molecular flexibility index (Phi) is 4.79. The highest BCUT2D eigenvalue weighted by molar-refractivity contribution is 5.73. The standard InChI is InChI=1S/C10H16N6O4/c17-5-11-10(12-6-18,13-7-19)20-16-9-4-2-1-3-8(9)14-15-16/h1-4,11-13,17-19H,5-7H2. The molecule has 0 atom stereocenters. The summed E-state index contributed by atoms with van der Waals surface area (Å²) >= 11 is 0. The van der Waals surface area contributed by atoms with Crippen LogP contribution in [0.15, 0.2) is 24.3 Å². The maximum absolute atomic E-state index is 9.02. The van der Waals surface area contributed by atoms with Crippen LogP contribution in [0.4, 0.5) is 0 Å². The van der Waals surface area contributed by atoms with Crippen molar-refractivity contribution in [2.45, 2.75) is 5.97 Å². The number of nitrogens with zero attached hydrogens (tertiary/aromatic N) is 3. The zero-order valence-electron chi connectivity index (χ0n) is 10.5. The fourth-order valence-corrected chi connectivity index (χ4v) is 1.66. The van der Waals surface area contributed by atoms with Gasteiger partial charge in [-0.25, -0.2) is 16.0 Å². The topological polar surface area (TPSA) is 137 Å². The summed E-state index contributed by atoms with van der Waals surface area (Å²) in [6.07, 6.45) is 0. The predicted octanol–water partition coefficient (Wildman–Crippen LogP) is -2.91. The average molecular weight is 284 g/mol. The Balaban J connectivity index is 2.30. The zero-order valence-corrected chi connectivity index (χ0v) is 10.5. The van der Waals surface area contributed by atoms with Gasteiger partial charge in [-0.1, -0.05) is 17.0 Å². The fraction of sp³-hybridized carbons (Fsp3) is 0.400. The third-order valence-corrected chi connectivity index (χ3v) is 2.53. The molecule has 110 valence electrons. The first-order chi connectivity index (χ1) is 9.74. The molecule has 0 aliphatic heterocycles. The Labute approximate surface area is 113 Å². The molecular weight excluding hydrogens is 268 g/mol. The third-order valence-electron chi connectivity index (χ3n) is 2.53. The van der Waals surface area contributed by atoms with Gasteiger partial charge in [-0.15, -0.1) is 5.10 Å². The van der Waals surface area contributed by atoms with Crippen LogP contribution in [-0.4, -0.2) is 56.6 Å². The second-order valence-corrected chi connectivity index (χ2v) is 3.73. The van der Waals surface area contributed by atoms with Crippen LogP contribution in [-0.2, 0) is 0 Å². The lowest BCUT2D eigenvalue weighted by molar-refractivity contribution is -0.159. The van der Waals surface area contributed by atoms with Crippen LogP contribution in [0.2, 0.25) is 0 Å². The van der Waals surface area contributed by atoms with Crippen LogP contribution in [0, 0.1) is 0 Å². The SMILES string of the molecule is OCNC(NCO)(NCO)On1nnc2ccccc21. The number of hydrogen-bond acceptors (Lipinski definition) is 9. The highest BCUT2D eigenvalue weighted by atomic mass is 16.7. The molecule has 0 aliphatic carbocycles. The smallest absolute Gasteiger partial charge is 0.308 e. The van der Waals surface area contributed by atoms with Crippen molar-refractivity contribution >= 4 is 11.0 Å². The van der Waals surface area contributed by atoms with E-state index in [0.717, 1.165) is 4.85 Å². The van der Waals surface area contributed by atoms with Crippen LogP contribution < -0.4 is 20.8 Å². The van der Waals surface area contributed by atoms with E-state index in [1.54, 1.807) is 24.3 Å². The van der Waals surface area contributed by atoms with Crippen molar-refractivity contribution in [3.05, 3.63) is 24.3 Å². The molecule has 0 radical (unpaired) electrons. The van der Waals surface area contributed by atoms with Gasteiger partial charge in [0.25, 0.3) is 0 Å². The summed E-state index contributed by atoms with van der Waals surface area (Å²) in [5, 5.41) is 42.3. The van der Waals surface area contributed by atoms with E-state index in [2.05, 4.69) is 26.3 Å². The molecule has 1 heterocycles. The van der Waals surface area contributed by atoms with E-state index in [1.165, 1.54) is 0 Å². The van der Waals surface area contributed by atoms with Crippen LogP contribution in [0.3, 0.4) is 0 Å². The molecule has 0 bridgehead atoms. The molecule has 0 saturated carbocycles. The van der Waals surface area contributed by atoms with Gasteiger partial charge in [0.1, 0.15) is 11.0 Å². The minimum absolute atomic E-state index is 0.480. The normalized spacial score (nSPS) is 11.9. The lowest BCUT2D eigenvalue weighted by Gasteiger charge is -2.33. The van der Waals surface area contributed by atoms with Crippen molar-refractivity contribution in [3.63, 3.8) is 0 Å². The first kappa shape index (κ1) is 14.6.